The maximum absolute atomic E-state index is 5.69. The SMILES string of the molecule is CC(NCCOc1ccc(Br)cc1)C1CCOCC1. The molecule has 106 valence electrons. The topological polar surface area (TPSA) is 30.5 Å². The summed E-state index contributed by atoms with van der Waals surface area (Å²) in [6.07, 6.45) is 2.34. The summed E-state index contributed by atoms with van der Waals surface area (Å²) in [6, 6.07) is 8.48. The highest BCUT2D eigenvalue weighted by molar-refractivity contribution is 9.10. The number of hydrogen-bond acceptors (Lipinski definition) is 3. The molecule has 1 aromatic rings. The molecule has 1 aromatic carbocycles. The van der Waals surface area contributed by atoms with E-state index in [9.17, 15) is 0 Å². The van der Waals surface area contributed by atoms with E-state index in [0.717, 1.165) is 35.9 Å². The van der Waals surface area contributed by atoms with Crippen molar-refractivity contribution >= 4 is 15.9 Å². The van der Waals surface area contributed by atoms with Gasteiger partial charge in [-0.2, -0.15) is 0 Å². The van der Waals surface area contributed by atoms with Crippen LogP contribution in [0.3, 0.4) is 0 Å². The second-order valence-electron chi connectivity index (χ2n) is 4.99. The summed E-state index contributed by atoms with van der Waals surface area (Å²) in [6.45, 7) is 5.66. The highest BCUT2D eigenvalue weighted by atomic mass is 79.9. The first kappa shape index (κ1) is 14.8. The van der Waals surface area contributed by atoms with Gasteiger partial charge in [0.25, 0.3) is 0 Å². The van der Waals surface area contributed by atoms with E-state index in [2.05, 4.69) is 28.2 Å². The largest absolute Gasteiger partial charge is 0.492 e. The molecule has 0 aliphatic carbocycles. The third-order valence-electron chi connectivity index (χ3n) is 3.62. The fourth-order valence-electron chi connectivity index (χ4n) is 2.37. The van der Waals surface area contributed by atoms with Gasteiger partial charge in [0.1, 0.15) is 12.4 Å². The number of rotatable bonds is 6. The Bertz CT molecular complexity index is 363. The molecule has 3 nitrogen and oxygen atoms in total. The van der Waals surface area contributed by atoms with Crippen molar-refractivity contribution in [2.75, 3.05) is 26.4 Å². The number of ether oxygens (including phenoxy) is 2. The van der Waals surface area contributed by atoms with Crippen LogP contribution in [0.1, 0.15) is 19.8 Å². The summed E-state index contributed by atoms with van der Waals surface area (Å²) >= 11 is 3.41. The van der Waals surface area contributed by atoms with E-state index in [1.165, 1.54) is 12.8 Å². The molecule has 0 aromatic heterocycles. The van der Waals surface area contributed by atoms with Gasteiger partial charge in [0.2, 0.25) is 0 Å². The van der Waals surface area contributed by atoms with Crippen LogP contribution in [-0.2, 0) is 4.74 Å². The molecule has 1 aliphatic rings. The van der Waals surface area contributed by atoms with E-state index in [1.807, 2.05) is 24.3 Å². The van der Waals surface area contributed by atoms with Crippen molar-refractivity contribution in [3.8, 4) is 5.75 Å². The van der Waals surface area contributed by atoms with Gasteiger partial charge in [-0.1, -0.05) is 15.9 Å². The van der Waals surface area contributed by atoms with Gasteiger partial charge in [-0.25, -0.2) is 0 Å². The van der Waals surface area contributed by atoms with E-state index < -0.39 is 0 Å². The molecular weight excluding hydrogens is 306 g/mol. The summed E-state index contributed by atoms with van der Waals surface area (Å²) in [4.78, 5) is 0. The minimum absolute atomic E-state index is 0.539. The van der Waals surface area contributed by atoms with Gasteiger partial charge in [-0.15, -0.1) is 0 Å². The van der Waals surface area contributed by atoms with Crippen LogP contribution in [0.4, 0.5) is 0 Å². The Labute approximate surface area is 123 Å². The normalized spacial score (nSPS) is 18.2. The first-order chi connectivity index (χ1) is 9.25. The zero-order valence-electron chi connectivity index (χ0n) is 11.4. The average Bonchev–Trinajstić information content (AvgIpc) is 2.46. The van der Waals surface area contributed by atoms with Crippen molar-refractivity contribution in [1.82, 2.24) is 5.32 Å². The van der Waals surface area contributed by atoms with E-state index in [0.29, 0.717) is 12.6 Å². The second-order valence-corrected chi connectivity index (χ2v) is 5.91. The van der Waals surface area contributed by atoms with Crippen LogP contribution in [0.5, 0.6) is 5.75 Å². The molecule has 1 atom stereocenters. The molecule has 0 bridgehead atoms. The molecule has 2 rings (SSSR count). The Morgan fingerprint density at radius 2 is 2.00 bits per heavy atom. The molecule has 0 radical (unpaired) electrons. The molecule has 1 saturated heterocycles. The molecule has 4 heteroatoms. The minimum Gasteiger partial charge on any atom is -0.492 e. The Balaban J connectivity index is 1.62. The van der Waals surface area contributed by atoms with Crippen LogP contribution in [0, 0.1) is 5.92 Å². The molecule has 1 fully saturated rings. The third kappa shape index (κ3) is 5.13. The molecule has 1 unspecified atom stereocenters. The van der Waals surface area contributed by atoms with Crippen LogP contribution in [0.2, 0.25) is 0 Å². The van der Waals surface area contributed by atoms with Gasteiger partial charge in [0.15, 0.2) is 0 Å². The summed E-state index contributed by atoms with van der Waals surface area (Å²) < 4.78 is 12.2. The van der Waals surface area contributed by atoms with Crippen LogP contribution in [-0.4, -0.2) is 32.4 Å². The van der Waals surface area contributed by atoms with Gasteiger partial charge in [-0.05, 0) is 49.9 Å². The van der Waals surface area contributed by atoms with Gasteiger partial charge in [0, 0.05) is 30.3 Å². The first-order valence-electron chi connectivity index (χ1n) is 6.95. The molecular formula is C15H22BrNO2. The quantitative estimate of drug-likeness (QED) is 0.814. The van der Waals surface area contributed by atoms with Gasteiger partial charge in [-0.3, -0.25) is 0 Å². The summed E-state index contributed by atoms with van der Waals surface area (Å²) in [7, 11) is 0. The lowest BCUT2D eigenvalue weighted by Gasteiger charge is -2.28. The minimum atomic E-state index is 0.539. The number of benzene rings is 1. The van der Waals surface area contributed by atoms with E-state index in [1.54, 1.807) is 0 Å². The predicted octanol–water partition coefficient (Wildman–Crippen LogP) is 3.23. The molecule has 0 saturated carbocycles. The highest BCUT2D eigenvalue weighted by Crippen LogP contribution is 2.18. The fourth-order valence-corrected chi connectivity index (χ4v) is 2.63. The lowest BCUT2D eigenvalue weighted by Crippen LogP contribution is -2.38. The predicted molar refractivity (Wildman–Crippen MR) is 80.6 cm³/mol. The van der Waals surface area contributed by atoms with Crippen LogP contribution in [0.25, 0.3) is 0 Å². The molecule has 1 N–H and O–H groups in total. The van der Waals surface area contributed by atoms with Crippen molar-refractivity contribution in [3.63, 3.8) is 0 Å². The van der Waals surface area contributed by atoms with Crippen molar-refractivity contribution < 1.29 is 9.47 Å². The van der Waals surface area contributed by atoms with Crippen LogP contribution >= 0.6 is 15.9 Å². The monoisotopic (exact) mass is 327 g/mol. The highest BCUT2D eigenvalue weighted by Gasteiger charge is 2.19. The maximum atomic E-state index is 5.69. The van der Waals surface area contributed by atoms with E-state index >= 15 is 0 Å². The lowest BCUT2D eigenvalue weighted by atomic mass is 9.93. The molecule has 0 amide bonds. The fraction of sp³-hybridized carbons (Fsp3) is 0.600. The van der Waals surface area contributed by atoms with Crippen molar-refractivity contribution in [2.24, 2.45) is 5.92 Å². The Morgan fingerprint density at radius 1 is 1.32 bits per heavy atom. The lowest BCUT2D eigenvalue weighted by molar-refractivity contribution is 0.0556. The summed E-state index contributed by atoms with van der Waals surface area (Å²) in [5.74, 6) is 1.66. The molecule has 1 heterocycles. The van der Waals surface area contributed by atoms with E-state index in [4.69, 9.17) is 9.47 Å². The number of halogens is 1. The molecule has 1 aliphatic heterocycles. The molecule has 19 heavy (non-hydrogen) atoms. The van der Waals surface area contributed by atoms with Crippen LogP contribution in [0.15, 0.2) is 28.7 Å². The first-order valence-corrected chi connectivity index (χ1v) is 7.74. The Hall–Kier alpha value is -0.580. The van der Waals surface area contributed by atoms with Gasteiger partial charge < -0.3 is 14.8 Å². The van der Waals surface area contributed by atoms with Crippen molar-refractivity contribution in [2.45, 2.75) is 25.8 Å². The maximum Gasteiger partial charge on any atom is 0.119 e. The van der Waals surface area contributed by atoms with Crippen molar-refractivity contribution in [3.05, 3.63) is 28.7 Å². The Morgan fingerprint density at radius 3 is 2.68 bits per heavy atom. The second kappa shape index (κ2) is 7.88. The van der Waals surface area contributed by atoms with Gasteiger partial charge in [0.05, 0.1) is 0 Å². The summed E-state index contributed by atoms with van der Waals surface area (Å²) in [5.41, 5.74) is 0. The number of hydrogen-bond donors (Lipinski definition) is 1. The average molecular weight is 328 g/mol. The van der Waals surface area contributed by atoms with Crippen molar-refractivity contribution in [1.29, 1.82) is 0 Å². The zero-order chi connectivity index (χ0) is 13.5. The smallest absolute Gasteiger partial charge is 0.119 e. The number of nitrogens with one attached hydrogen (secondary N) is 1. The zero-order valence-corrected chi connectivity index (χ0v) is 13.0. The molecule has 0 spiro atoms. The van der Waals surface area contributed by atoms with Crippen LogP contribution < -0.4 is 10.1 Å². The van der Waals surface area contributed by atoms with E-state index in [-0.39, 0.29) is 0 Å². The Kier molecular flexibility index (Phi) is 6.14. The summed E-state index contributed by atoms with van der Waals surface area (Å²) in [5, 5.41) is 3.54. The third-order valence-corrected chi connectivity index (χ3v) is 4.15. The van der Waals surface area contributed by atoms with Gasteiger partial charge >= 0.3 is 0 Å². The standard InChI is InChI=1S/C15H22BrNO2/c1-12(13-6-9-18-10-7-13)17-8-11-19-15-4-2-14(16)3-5-15/h2-5,12-13,17H,6-11H2,1H3.